The second-order valence-electron chi connectivity index (χ2n) is 18.5. The Balaban J connectivity index is 4.27. The van der Waals surface area contributed by atoms with E-state index in [9.17, 15) is 14.4 Å². The molecule has 0 heterocycles. The normalized spacial score (nSPS) is 12.7. The van der Waals surface area contributed by atoms with Gasteiger partial charge in [-0.2, -0.15) is 0 Å². The van der Waals surface area contributed by atoms with Crippen molar-refractivity contribution in [3.05, 3.63) is 85.1 Å². The molecule has 0 fully saturated rings. The highest BCUT2D eigenvalue weighted by molar-refractivity contribution is 5.71. The molecule has 0 aromatic heterocycles. The predicted octanol–water partition coefficient (Wildman–Crippen LogP) is 18.8. The van der Waals surface area contributed by atoms with Crippen LogP contribution in [0.2, 0.25) is 0 Å². The fourth-order valence-corrected chi connectivity index (χ4v) is 7.68. The molecule has 0 N–H and O–H groups in total. The summed E-state index contributed by atoms with van der Waals surface area (Å²) in [4.78, 5) is 37.9. The first kappa shape index (κ1) is 63.6. The highest BCUT2D eigenvalue weighted by Crippen LogP contribution is 2.15. The molecule has 0 bridgehead atoms. The lowest BCUT2D eigenvalue weighted by molar-refractivity contribution is -0.167. The van der Waals surface area contributed by atoms with Crippen LogP contribution in [0.4, 0.5) is 0 Å². The van der Waals surface area contributed by atoms with E-state index in [1.807, 2.05) is 0 Å². The molecule has 6 nitrogen and oxygen atoms in total. The second kappa shape index (κ2) is 55.2. The molecule has 0 aromatic carbocycles. The summed E-state index contributed by atoms with van der Waals surface area (Å²) in [6.07, 6.45) is 71.6. The zero-order chi connectivity index (χ0) is 48.6. The molecule has 0 radical (unpaired) electrons. The number of rotatable bonds is 50. The fraction of sp³-hybridized carbons (Fsp3) is 0.721. The zero-order valence-corrected chi connectivity index (χ0v) is 43.9. The summed E-state index contributed by atoms with van der Waals surface area (Å²) in [7, 11) is 0. The van der Waals surface area contributed by atoms with Crippen LogP contribution in [0.1, 0.15) is 265 Å². The minimum Gasteiger partial charge on any atom is -0.462 e. The lowest BCUT2D eigenvalue weighted by Crippen LogP contribution is -2.30. The highest BCUT2D eigenvalue weighted by Gasteiger charge is 2.19. The number of carbonyl (C=O) groups is 3. The van der Waals surface area contributed by atoms with Crippen molar-refractivity contribution >= 4 is 17.9 Å². The summed E-state index contributed by atoms with van der Waals surface area (Å²) >= 11 is 0. The Kier molecular flexibility index (Phi) is 52.4. The largest absolute Gasteiger partial charge is 0.462 e. The van der Waals surface area contributed by atoms with E-state index in [2.05, 4.69) is 106 Å². The molecule has 1 unspecified atom stereocenters. The van der Waals surface area contributed by atoms with E-state index in [1.54, 1.807) is 0 Å². The van der Waals surface area contributed by atoms with Crippen molar-refractivity contribution < 1.29 is 28.6 Å². The van der Waals surface area contributed by atoms with Gasteiger partial charge in [-0.3, -0.25) is 14.4 Å². The molecule has 0 aliphatic rings. The SMILES string of the molecule is CC/C=C\C/C=C\C/C=C\C/C=C\C/C=C\C/C=C\CCCCCCC(=O)OCC(COC(=O)CCCCCCCCC)OC(=O)CCCCCCCCCCC/C=C\CCCCCCCC. The maximum Gasteiger partial charge on any atom is 0.306 e. The number of hydrogen-bond donors (Lipinski definition) is 0. The number of hydrogen-bond acceptors (Lipinski definition) is 6. The predicted molar refractivity (Wildman–Crippen MR) is 288 cm³/mol. The quantitative estimate of drug-likeness (QED) is 0.0262. The van der Waals surface area contributed by atoms with Crippen molar-refractivity contribution in [1.29, 1.82) is 0 Å². The molecule has 0 saturated carbocycles. The molecule has 1 atom stereocenters. The molecular weight excluding hydrogens is 829 g/mol. The molecule has 0 rings (SSSR count). The van der Waals surface area contributed by atoms with E-state index < -0.39 is 6.10 Å². The van der Waals surface area contributed by atoms with E-state index in [1.165, 1.54) is 116 Å². The van der Waals surface area contributed by atoms with Gasteiger partial charge in [0, 0.05) is 19.3 Å². The average molecular weight is 933 g/mol. The van der Waals surface area contributed by atoms with Crippen LogP contribution >= 0.6 is 0 Å². The summed E-state index contributed by atoms with van der Waals surface area (Å²) in [5, 5.41) is 0. The van der Waals surface area contributed by atoms with Crippen LogP contribution in [-0.4, -0.2) is 37.2 Å². The van der Waals surface area contributed by atoms with Gasteiger partial charge < -0.3 is 14.2 Å². The first-order valence-electron chi connectivity index (χ1n) is 28.1. The molecule has 0 aliphatic carbocycles. The van der Waals surface area contributed by atoms with Crippen LogP contribution in [0.15, 0.2) is 85.1 Å². The monoisotopic (exact) mass is 933 g/mol. The number of esters is 3. The Morgan fingerprint density at radius 3 is 0.925 bits per heavy atom. The van der Waals surface area contributed by atoms with Gasteiger partial charge in [0.1, 0.15) is 13.2 Å². The second-order valence-corrected chi connectivity index (χ2v) is 18.5. The van der Waals surface area contributed by atoms with Crippen LogP contribution in [0, 0.1) is 0 Å². The summed E-state index contributed by atoms with van der Waals surface area (Å²) in [5.41, 5.74) is 0. The third-order valence-corrected chi connectivity index (χ3v) is 11.9. The van der Waals surface area contributed by atoms with Gasteiger partial charge in [-0.15, -0.1) is 0 Å². The Bertz CT molecular complexity index is 1300. The van der Waals surface area contributed by atoms with Gasteiger partial charge in [-0.05, 0) is 96.3 Å². The van der Waals surface area contributed by atoms with Crippen LogP contribution < -0.4 is 0 Å². The minimum absolute atomic E-state index is 0.0849. The van der Waals surface area contributed by atoms with Crippen LogP contribution in [0.5, 0.6) is 0 Å². The molecule has 6 heteroatoms. The number of ether oxygens (including phenoxy) is 3. The van der Waals surface area contributed by atoms with Gasteiger partial charge in [0.05, 0.1) is 0 Å². The Hall–Kier alpha value is -3.41. The summed E-state index contributed by atoms with van der Waals surface area (Å²) in [6.45, 7) is 6.46. The van der Waals surface area contributed by atoms with E-state index in [4.69, 9.17) is 14.2 Å². The van der Waals surface area contributed by atoms with Gasteiger partial charge in [-0.1, -0.05) is 234 Å². The highest BCUT2D eigenvalue weighted by atomic mass is 16.6. The lowest BCUT2D eigenvalue weighted by atomic mass is 10.1. The van der Waals surface area contributed by atoms with Gasteiger partial charge in [-0.25, -0.2) is 0 Å². The standard InChI is InChI=1S/C61H104O6/c1-4-7-10-13-16-18-20-22-24-26-28-29-30-31-33-34-36-38-40-42-45-48-51-54-60(63)66-57-58(56-65-59(62)53-50-47-44-15-12-9-6-3)67-61(64)55-52-49-46-43-41-39-37-35-32-27-25-23-21-19-17-14-11-8-5-2/h7,10,16,18,22-25,28-29,31,33,36,38,58H,4-6,8-9,11-15,17,19-21,26-27,30,32,34-35,37,39-57H2,1-3H3/b10-7-,18-16-,24-22-,25-23-,29-28-,33-31-,38-36-. The van der Waals surface area contributed by atoms with Crippen molar-refractivity contribution in [1.82, 2.24) is 0 Å². The van der Waals surface area contributed by atoms with Crippen molar-refractivity contribution in [3.63, 3.8) is 0 Å². The molecule has 0 aromatic rings. The first-order valence-corrected chi connectivity index (χ1v) is 28.1. The third-order valence-electron chi connectivity index (χ3n) is 11.9. The number of unbranched alkanes of at least 4 members (excludes halogenated alkanes) is 25. The molecule has 67 heavy (non-hydrogen) atoms. The van der Waals surface area contributed by atoms with Gasteiger partial charge in [0.25, 0.3) is 0 Å². The molecular formula is C61H104O6. The van der Waals surface area contributed by atoms with E-state index in [0.717, 1.165) is 109 Å². The van der Waals surface area contributed by atoms with Crippen molar-refractivity contribution in [2.45, 2.75) is 271 Å². The van der Waals surface area contributed by atoms with Crippen molar-refractivity contribution in [2.75, 3.05) is 13.2 Å². The van der Waals surface area contributed by atoms with Crippen molar-refractivity contribution in [3.8, 4) is 0 Å². The summed E-state index contributed by atoms with van der Waals surface area (Å²) in [6, 6.07) is 0. The number of carbonyl (C=O) groups excluding carboxylic acids is 3. The maximum atomic E-state index is 12.8. The van der Waals surface area contributed by atoms with Gasteiger partial charge in [0.2, 0.25) is 0 Å². The fourth-order valence-electron chi connectivity index (χ4n) is 7.68. The van der Waals surface area contributed by atoms with E-state index in [0.29, 0.717) is 19.3 Å². The van der Waals surface area contributed by atoms with Crippen molar-refractivity contribution in [2.24, 2.45) is 0 Å². The Labute approximate surface area is 414 Å². The van der Waals surface area contributed by atoms with E-state index in [-0.39, 0.29) is 31.1 Å². The van der Waals surface area contributed by atoms with Gasteiger partial charge >= 0.3 is 17.9 Å². The molecule has 384 valence electrons. The minimum atomic E-state index is -0.786. The molecule has 0 spiro atoms. The smallest absolute Gasteiger partial charge is 0.306 e. The molecule has 0 amide bonds. The zero-order valence-electron chi connectivity index (χ0n) is 43.9. The maximum absolute atomic E-state index is 12.8. The van der Waals surface area contributed by atoms with Crippen LogP contribution in [0.3, 0.4) is 0 Å². The molecule has 0 saturated heterocycles. The van der Waals surface area contributed by atoms with E-state index >= 15 is 0 Å². The van der Waals surface area contributed by atoms with Gasteiger partial charge in [0.15, 0.2) is 6.10 Å². The Morgan fingerprint density at radius 1 is 0.313 bits per heavy atom. The average Bonchev–Trinajstić information content (AvgIpc) is 3.33. The Morgan fingerprint density at radius 2 is 0.582 bits per heavy atom. The lowest BCUT2D eigenvalue weighted by Gasteiger charge is -2.18. The summed E-state index contributed by atoms with van der Waals surface area (Å²) < 4.78 is 16.8. The third kappa shape index (κ3) is 53.4. The summed E-state index contributed by atoms with van der Waals surface area (Å²) in [5.74, 6) is -0.916. The molecule has 0 aliphatic heterocycles. The first-order chi connectivity index (χ1) is 33.0. The number of allylic oxidation sites excluding steroid dienone is 14. The van der Waals surface area contributed by atoms with Crippen LogP contribution in [0.25, 0.3) is 0 Å². The topological polar surface area (TPSA) is 78.9 Å². The van der Waals surface area contributed by atoms with Crippen LogP contribution in [-0.2, 0) is 28.6 Å².